The molecule has 1 heterocycles. The molecule has 1 saturated heterocycles. The van der Waals surface area contributed by atoms with Crippen LogP contribution in [0.1, 0.15) is 51.0 Å². The Balaban J connectivity index is 1.63. The summed E-state index contributed by atoms with van der Waals surface area (Å²) >= 11 is 0. The van der Waals surface area contributed by atoms with Gasteiger partial charge >= 0.3 is 0 Å². The highest BCUT2D eigenvalue weighted by molar-refractivity contribution is 5.79. The maximum absolute atomic E-state index is 5.79. The summed E-state index contributed by atoms with van der Waals surface area (Å²) < 4.78 is 11.1. The van der Waals surface area contributed by atoms with Crippen LogP contribution in [0.5, 0.6) is 5.75 Å². The molecular formula is C19H30N2O2. The van der Waals surface area contributed by atoms with Crippen LogP contribution in [0.2, 0.25) is 0 Å². The molecule has 0 amide bonds. The lowest BCUT2D eigenvalue weighted by molar-refractivity contribution is 0.0397. The van der Waals surface area contributed by atoms with Gasteiger partial charge in [-0.25, -0.2) is 0 Å². The van der Waals surface area contributed by atoms with E-state index in [9.17, 15) is 0 Å². The molecule has 0 unspecified atom stereocenters. The van der Waals surface area contributed by atoms with Crippen molar-refractivity contribution in [2.45, 2.75) is 45.4 Å². The van der Waals surface area contributed by atoms with Crippen LogP contribution in [0.4, 0.5) is 0 Å². The van der Waals surface area contributed by atoms with Gasteiger partial charge in [0, 0.05) is 0 Å². The van der Waals surface area contributed by atoms with Crippen molar-refractivity contribution in [1.29, 1.82) is 0 Å². The van der Waals surface area contributed by atoms with E-state index in [0.29, 0.717) is 0 Å². The zero-order valence-electron chi connectivity index (χ0n) is 14.4. The topological polar surface area (TPSA) is 34.1 Å². The van der Waals surface area contributed by atoms with Crippen LogP contribution < -0.4 is 4.74 Å². The summed E-state index contributed by atoms with van der Waals surface area (Å²) in [6.45, 7) is 6.34. The Morgan fingerprint density at radius 1 is 1.04 bits per heavy atom. The summed E-state index contributed by atoms with van der Waals surface area (Å²) in [5, 5.41) is 6.53. The van der Waals surface area contributed by atoms with Gasteiger partial charge in [-0.05, 0) is 36.2 Å². The van der Waals surface area contributed by atoms with Gasteiger partial charge in [0.2, 0.25) is 0 Å². The molecule has 0 saturated carbocycles. The number of hydrogen-bond acceptors (Lipinski definition) is 4. The highest BCUT2D eigenvalue weighted by Crippen LogP contribution is 2.13. The van der Waals surface area contributed by atoms with Gasteiger partial charge in [0.05, 0.1) is 39.1 Å². The summed E-state index contributed by atoms with van der Waals surface area (Å²) in [5.74, 6) is 0.946. The summed E-state index contributed by atoms with van der Waals surface area (Å²) in [6, 6.07) is 8.16. The number of unbranched alkanes of at least 4 members (excludes halogenated alkanes) is 5. The first-order valence-corrected chi connectivity index (χ1v) is 8.98. The first kappa shape index (κ1) is 17.8. The largest absolute Gasteiger partial charge is 0.494 e. The van der Waals surface area contributed by atoms with E-state index < -0.39 is 0 Å². The van der Waals surface area contributed by atoms with Crippen LogP contribution in [0, 0.1) is 0 Å². The average molecular weight is 318 g/mol. The Kier molecular flexibility index (Phi) is 8.56. The molecule has 0 N–H and O–H groups in total. The lowest BCUT2D eigenvalue weighted by Gasteiger charge is -2.23. The van der Waals surface area contributed by atoms with E-state index in [2.05, 4.69) is 24.2 Å². The SMILES string of the molecule is CCCCCCCCOc1ccc(/C=N/N2CCOCC2)cc1. The minimum atomic E-state index is 0.766. The van der Waals surface area contributed by atoms with Gasteiger partial charge in [-0.3, -0.25) is 5.01 Å². The van der Waals surface area contributed by atoms with E-state index >= 15 is 0 Å². The molecule has 0 radical (unpaired) electrons. The fourth-order valence-corrected chi connectivity index (χ4v) is 2.54. The fourth-order valence-electron chi connectivity index (χ4n) is 2.54. The molecule has 0 bridgehead atoms. The normalized spacial score (nSPS) is 15.3. The van der Waals surface area contributed by atoms with Crippen molar-refractivity contribution < 1.29 is 9.47 Å². The van der Waals surface area contributed by atoms with Crippen molar-refractivity contribution >= 4 is 6.21 Å². The third-order valence-corrected chi connectivity index (χ3v) is 4.00. The number of morpholine rings is 1. The molecule has 0 spiro atoms. The lowest BCUT2D eigenvalue weighted by Crippen LogP contribution is -2.32. The number of hydrogen-bond donors (Lipinski definition) is 0. The Labute approximate surface area is 140 Å². The highest BCUT2D eigenvalue weighted by Gasteiger charge is 2.06. The van der Waals surface area contributed by atoms with E-state index in [1.54, 1.807) is 0 Å². The summed E-state index contributed by atoms with van der Waals surface area (Å²) in [4.78, 5) is 0. The van der Waals surface area contributed by atoms with Gasteiger partial charge in [0.15, 0.2) is 0 Å². The fraction of sp³-hybridized carbons (Fsp3) is 0.632. The Hall–Kier alpha value is -1.55. The molecule has 0 aromatic heterocycles. The minimum Gasteiger partial charge on any atom is -0.494 e. The Morgan fingerprint density at radius 2 is 1.74 bits per heavy atom. The number of hydrazone groups is 1. The molecule has 1 aromatic carbocycles. The second-order valence-electron chi connectivity index (χ2n) is 6.00. The van der Waals surface area contributed by atoms with Gasteiger partial charge in [-0.1, -0.05) is 39.0 Å². The van der Waals surface area contributed by atoms with Gasteiger partial charge in [0.25, 0.3) is 0 Å². The molecule has 0 aliphatic carbocycles. The molecule has 4 heteroatoms. The molecular weight excluding hydrogens is 288 g/mol. The minimum absolute atomic E-state index is 0.766. The van der Waals surface area contributed by atoms with Crippen molar-refractivity contribution in [3.63, 3.8) is 0 Å². The van der Waals surface area contributed by atoms with Gasteiger partial charge < -0.3 is 9.47 Å². The lowest BCUT2D eigenvalue weighted by atomic mass is 10.1. The van der Waals surface area contributed by atoms with E-state index in [1.807, 2.05) is 23.4 Å². The zero-order valence-corrected chi connectivity index (χ0v) is 14.4. The van der Waals surface area contributed by atoms with E-state index in [1.165, 1.54) is 32.1 Å². The molecule has 128 valence electrons. The maximum atomic E-state index is 5.79. The molecule has 1 fully saturated rings. The van der Waals surface area contributed by atoms with Crippen molar-refractivity contribution in [3.8, 4) is 5.75 Å². The number of nitrogens with zero attached hydrogens (tertiary/aromatic N) is 2. The monoisotopic (exact) mass is 318 g/mol. The smallest absolute Gasteiger partial charge is 0.119 e. The molecule has 4 nitrogen and oxygen atoms in total. The highest BCUT2D eigenvalue weighted by atomic mass is 16.5. The van der Waals surface area contributed by atoms with Crippen LogP contribution in [0.15, 0.2) is 29.4 Å². The van der Waals surface area contributed by atoms with E-state index in [0.717, 1.165) is 50.6 Å². The number of rotatable bonds is 10. The first-order valence-electron chi connectivity index (χ1n) is 8.98. The molecule has 1 aliphatic rings. The van der Waals surface area contributed by atoms with Gasteiger partial charge in [0.1, 0.15) is 5.75 Å². The van der Waals surface area contributed by atoms with Gasteiger partial charge in [-0.15, -0.1) is 0 Å². The second kappa shape index (κ2) is 11.1. The standard InChI is InChI=1S/C19H30N2O2/c1-2-3-4-5-6-7-14-23-19-10-8-18(9-11-19)17-20-21-12-15-22-16-13-21/h8-11,17H,2-7,12-16H2,1H3/b20-17+. The van der Waals surface area contributed by atoms with E-state index in [4.69, 9.17) is 9.47 Å². The Morgan fingerprint density at radius 3 is 2.48 bits per heavy atom. The number of ether oxygens (including phenoxy) is 2. The molecule has 1 aliphatic heterocycles. The van der Waals surface area contributed by atoms with Crippen LogP contribution in [-0.4, -0.2) is 44.1 Å². The van der Waals surface area contributed by atoms with Crippen molar-refractivity contribution in [2.75, 3.05) is 32.9 Å². The van der Waals surface area contributed by atoms with Crippen molar-refractivity contribution in [3.05, 3.63) is 29.8 Å². The Bertz CT molecular complexity index is 439. The molecule has 0 atom stereocenters. The third kappa shape index (κ3) is 7.51. The van der Waals surface area contributed by atoms with Gasteiger partial charge in [-0.2, -0.15) is 5.10 Å². The maximum Gasteiger partial charge on any atom is 0.119 e. The summed E-state index contributed by atoms with van der Waals surface area (Å²) in [6.07, 6.45) is 9.66. The molecule has 1 aromatic rings. The number of benzene rings is 1. The predicted molar refractivity (Wildman–Crippen MR) is 95.3 cm³/mol. The molecule has 2 rings (SSSR count). The van der Waals surface area contributed by atoms with Crippen LogP contribution in [0.3, 0.4) is 0 Å². The zero-order chi connectivity index (χ0) is 16.2. The first-order chi connectivity index (χ1) is 11.4. The predicted octanol–water partition coefficient (Wildman–Crippen LogP) is 4.09. The van der Waals surface area contributed by atoms with Crippen molar-refractivity contribution in [1.82, 2.24) is 5.01 Å². The molecule has 23 heavy (non-hydrogen) atoms. The van der Waals surface area contributed by atoms with Crippen molar-refractivity contribution in [2.24, 2.45) is 5.10 Å². The van der Waals surface area contributed by atoms with Crippen LogP contribution >= 0.6 is 0 Å². The summed E-state index contributed by atoms with van der Waals surface area (Å²) in [7, 11) is 0. The summed E-state index contributed by atoms with van der Waals surface area (Å²) in [5.41, 5.74) is 1.10. The average Bonchev–Trinajstić information content (AvgIpc) is 2.61. The van der Waals surface area contributed by atoms with Crippen LogP contribution in [0.25, 0.3) is 0 Å². The van der Waals surface area contributed by atoms with Crippen LogP contribution in [-0.2, 0) is 4.74 Å². The second-order valence-corrected chi connectivity index (χ2v) is 6.00. The quantitative estimate of drug-likeness (QED) is 0.481. The van der Waals surface area contributed by atoms with E-state index in [-0.39, 0.29) is 0 Å². The third-order valence-electron chi connectivity index (χ3n) is 4.00.